The predicted octanol–water partition coefficient (Wildman–Crippen LogP) is 3.89. The van der Waals surface area contributed by atoms with Crippen molar-refractivity contribution in [1.82, 2.24) is 20.2 Å². The van der Waals surface area contributed by atoms with Gasteiger partial charge in [-0.3, -0.25) is 4.79 Å². The van der Waals surface area contributed by atoms with E-state index in [1.807, 2.05) is 35.2 Å². The molecule has 0 radical (unpaired) electrons. The van der Waals surface area contributed by atoms with Gasteiger partial charge in [0.25, 0.3) is 5.89 Å². The molecular weight excluding hydrogens is 380 g/mol. The van der Waals surface area contributed by atoms with Gasteiger partial charge in [0, 0.05) is 43.0 Å². The Bertz CT molecular complexity index is 945. The summed E-state index contributed by atoms with van der Waals surface area (Å²) in [7, 11) is 0. The number of hydrogen-bond donors (Lipinski definition) is 0. The maximum absolute atomic E-state index is 12.5. The molecule has 0 N–H and O–H groups in total. The molecule has 1 aliphatic heterocycles. The van der Waals surface area contributed by atoms with Gasteiger partial charge in [0.2, 0.25) is 5.91 Å². The smallest absolute Gasteiger partial charge is 0.257 e. The fourth-order valence-corrected chi connectivity index (χ4v) is 3.59. The van der Waals surface area contributed by atoms with Crippen LogP contribution < -0.4 is 0 Å². The molecule has 0 atom stereocenters. The Kier molecular flexibility index (Phi) is 5.17. The lowest BCUT2D eigenvalue weighted by molar-refractivity contribution is -0.132. The van der Waals surface area contributed by atoms with Gasteiger partial charge in [-0.15, -0.1) is 0 Å². The van der Waals surface area contributed by atoms with Gasteiger partial charge in [-0.1, -0.05) is 47.0 Å². The maximum Gasteiger partial charge on any atom is 0.257 e. The van der Waals surface area contributed by atoms with Gasteiger partial charge in [0.1, 0.15) is 5.76 Å². The summed E-state index contributed by atoms with van der Waals surface area (Å²) in [5, 5.41) is 8.15. The zero-order valence-electron chi connectivity index (χ0n) is 15.6. The number of aromatic nitrogens is 3. The second kappa shape index (κ2) is 7.75. The van der Waals surface area contributed by atoms with E-state index in [0.717, 1.165) is 18.4 Å². The molecule has 8 heteroatoms. The van der Waals surface area contributed by atoms with Gasteiger partial charge in [0.05, 0.1) is 0 Å². The minimum absolute atomic E-state index is 0.104. The number of aryl methyl sites for hydroxylation is 1. The monoisotopic (exact) mass is 400 g/mol. The van der Waals surface area contributed by atoms with Gasteiger partial charge in [-0.2, -0.15) is 4.98 Å². The zero-order chi connectivity index (χ0) is 19.6. The number of benzene rings is 1. The van der Waals surface area contributed by atoms with Crippen molar-refractivity contribution in [3.63, 3.8) is 0 Å². The molecular formula is C20H21ClN4O3. The molecule has 4 rings (SSSR count). The van der Waals surface area contributed by atoms with Crippen LogP contribution in [0.2, 0.25) is 5.15 Å². The van der Waals surface area contributed by atoms with Crippen LogP contribution in [0.25, 0.3) is 11.5 Å². The summed E-state index contributed by atoms with van der Waals surface area (Å²) in [6, 6.07) is 11.4. The minimum Gasteiger partial charge on any atom is -0.360 e. The van der Waals surface area contributed by atoms with E-state index in [1.165, 1.54) is 0 Å². The first kappa shape index (κ1) is 18.7. The summed E-state index contributed by atoms with van der Waals surface area (Å²) < 4.78 is 10.5. The Morgan fingerprint density at radius 1 is 1.18 bits per heavy atom. The van der Waals surface area contributed by atoms with E-state index in [1.54, 1.807) is 6.07 Å². The lowest BCUT2D eigenvalue weighted by Gasteiger charge is -2.37. The van der Waals surface area contributed by atoms with E-state index in [4.69, 9.17) is 20.6 Å². The normalized spacial score (nSPS) is 16.3. The predicted molar refractivity (Wildman–Crippen MR) is 103 cm³/mol. The summed E-state index contributed by atoms with van der Waals surface area (Å²) in [4.78, 5) is 19.0. The van der Waals surface area contributed by atoms with Crippen LogP contribution in [0.4, 0.5) is 0 Å². The fourth-order valence-electron chi connectivity index (χ4n) is 3.43. The number of nitrogens with zero attached hydrogens (tertiary/aromatic N) is 4. The van der Waals surface area contributed by atoms with Gasteiger partial charge >= 0.3 is 0 Å². The number of hydrogen-bond acceptors (Lipinski definition) is 6. The first-order valence-corrected chi connectivity index (χ1v) is 9.70. The molecule has 7 nitrogen and oxygen atoms in total. The summed E-state index contributed by atoms with van der Waals surface area (Å²) in [6.07, 6.45) is 2.46. The number of halogens is 1. The van der Waals surface area contributed by atoms with Crippen LogP contribution in [0.15, 0.2) is 45.4 Å². The molecule has 0 bridgehead atoms. The minimum atomic E-state index is -0.203. The largest absolute Gasteiger partial charge is 0.360 e. The van der Waals surface area contributed by atoms with Crippen molar-refractivity contribution in [3.8, 4) is 11.5 Å². The molecule has 1 aromatic carbocycles. The van der Waals surface area contributed by atoms with Crippen molar-refractivity contribution in [2.24, 2.45) is 0 Å². The molecule has 3 aromatic rings. The highest BCUT2D eigenvalue weighted by Crippen LogP contribution is 2.34. The van der Waals surface area contributed by atoms with Crippen LogP contribution >= 0.6 is 11.6 Å². The topological polar surface area (TPSA) is 85.3 Å². The molecule has 3 heterocycles. The van der Waals surface area contributed by atoms with Crippen molar-refractivity contribution in [1.29, 1.82) is 0 Å². The number of carbonyl (C=O) groups is 1. The average Bonchev–Trinajstić information content (AvgIpc) is 3.37. The lowest BCUT2D eigenvalue weighted by atomic mass is 9.79. The summed E-state index contributed by atoms with van der Waals surface area (Å²) in [5.41, 5.74) is 0.705. The second-order valence-electron chi connectivity index (χ2n) is 7.35. The Morgan fingerprint density at radius 2 is 1.93 bits per heavy atom. The van der Waals surface area contributed by atoms with E-state index in [9.17, 15) is 4.79 Å². The first-order chi connectivity index (χ1) is 13.5. The Labute approximate surface area is 167 Å². The third-order valence-corrected chi connectivity index (χ3v) is 5.50. The molecule has 28 heavy (non-hydrogen) atoms. The van der Waals surface area contributed by atoms with Gasteiger partial charge < -0.3 is 13.9 Å². The Morgan fingerprint density at radius 3 is 2.61 bits per heavy atom. The third kappa shape index (κ3) is 3.94. The standard InChI is InChI=1S/C20H21ClN4O3/c1-20(19-22-18(28-24-19)14-5-3-2-4-6-14)9-11-25(12-10-20)17(26)8-7-15-13-16(21)23-27-15/h2-6,13H,7-12H2,1H3. The molecule has 1 amide bonds. The molecule has 2 aromatic heterocycles. The van der Waals surface area contributed by atoms with Crippen molar-refractivity contribution < 1.29 is 13.8 Å². The van der Waals surface area contributed by atoms with E-state index in [2.05, 4.69) is 22.2 Å². The number of rotatable bonds is 5. The molecule has 0 unspecified atom stereocenters. The van der Waals surface area contributed by atoms with Crippen LogP contribution in [-0.4, -0.2) is 39.2 Å². The van der Waals surface area contributed by atoms with Crippen LogP contribution in [0, 0.1) is 0 Å². The first-order valence-electron chi connectivity index (χ1n) is 9.32. The highest BCUT2D eigenvalue weighted by molar-refractivity contribution is 6.29. The lowest BCUT2D eigenvalue weighted by Crippen LogP contribution is -2.44. The molecule has 1 saturated heterocycles. The Balaban J connectivity index is 1.35. The summed E-state index contributed by atoms with van der Waals surface area (Å²) in [6.45, 7) is 3.47. The third-order valence-electron chi connectivity index (χ3n) is 5.32. The molecule has 0 aliphatic carbocycles. The van der Waals surface area contributed by atoms with Gasteiger partial charge in [0.15, 0.2) is 11.0 Å². The van der Waals surface area contributed by atoms with Gasteiger partial charge in [-0.25, -0.2) is 0 Å². The average molecular weight is 401 g/mol. The van der Waals surface area contributed by atoms with Crippen LogP contribution in [0.3, 0.4) is 0 Å². The molecule has 1 aliphatic rings. The van der Waals surface area contributed by atoms with Gasteiger partial charge in [-0.05, 0) is 25.0 Å². The maximum atomic E-state index is 12.5. The highest BCUT2D eigenvalue weighted by Gasteiger charge is 2.37. The van der Waals surface area contributed by atoms with Crippen LogP contribution in [-0.2, 0) is 16.6 Å². The number of carbonyl (C=O) groups excluding carboxylic acids is 1. The fraction of sp³-hybridized carbons (Fsp3) is 0.400. The molecule has 0 saturated carbocycles. The zero-order valence-corrected chi connectivity index (χ0v) is 16.4. The Hall–Kier alpha value is -2.67. The van der Waals surface area contributed by atoms with Crippen molar-refractivity contribution in [3.05, 3.63) is 53.1 Å². The quantitative estimate of drug-likeness (QED) is 0.645. The van der Waals surface area contributed by atoms with E-state index in [0.29, 0.717) is 48.6 Å². The summed E-state index contributed by atoms with van der Waals surface area (Å²) in [5.74, 6) is 1.96. The number of likely N-dealkylation sites (tertiary alicyclic amines) is 1. The highest BCUT2D eigenvalue weighted by atomic mass is 35.5. The SMILES string of the molecule is CC1(c2noc(-c3ccccc3)n2)CCN(C(=O)CCc2cc(Cl)no2)CC1. The summed E-state index contributed by atoms with van der Waals surface area (Å²) >= 11 is 5.74. The van der Waals surface area contributed by atoms with E-state index >= 15 is 0 Å². The number of piperidine rings is 1. The van der Waals surface area contributed by atoms with Crippen molar-refractivity contribution in [2.75, 3.05) is 13.1 Å². The van der Waals surface area contributed by atoms with Crippen LogP contribution in [0.1, 0.15) is 37.8 Å². The molecule has 146 valence electrons. The van der Waals surface area contributed by atoms with Crippen LogP contribution in [0.5, 0.6) is 0 Å². The molecule has 0 spiro atoms. The van der Waals surface area contributed by atoms with E-state index < -0.39 is 0 Å². The number of amides is 1. The van der Waals surface area contributed by atoms with Crippen molar-refractivity contribution >= 4 is 17.5 Å². The van der Waals surface area contributed by atoms with Crippen molar-refractivity contribution in [2.45, 2.75) is 38.0 Å². The van der Waals surface area contributed by atoms with E-state index in [-0.39, 0.29) is 11.3 Å². The second-order valence-corrected chi connectivity index (χ2v) is 7.73. The molecule has 1 fully saturated rings.